The number of nitrogens with one attached hydrogen (secondary N) is 3. The molecule has 1 atom stereocenters. The number of H-pyrrole nitrogens is 1. The van der Waals surface area contributed by atoms with Crippen LogP contribution in [0.3, 0.4) is 0 Å². The number of fused-ring (bicyclic) bond motifs is 2. The Morgan fingerprint density at radius 3 is 2.58 bits per heavy atom. The third kappa shape index (κ3) is 9.44. The number of methoxy groups -OCH3 is 1. The smallest absolute Gasteiger partial charge is 0.407 e. The number of alkyl carbamates (subject to hydrolysis) is 1. The first-order valence-electron chi connectivity index (χ1n) is 15.3. The fourth-order valence-electron chi connectivity index (χ4n) is 5.21. The molecule has 0 aliphatic carbocycles. The zero-order valence-corrected chi connectivity index (χ0v) is 26.8. The van der Waals surface area contributed by atoms with E-state index in [1.165, 1.54) is 7.11 Å². The van der Waals surface area contributed by atoms with Crippen molar-refractivity contribution in [1.29, 1.82) is 0 Å². The fourth-order valence-corrected chi connectivity index (χ4v) is 5.21. The van der Waals surface area contributed by atoms with Gasteiger partial charge in [0.1, 0.15) is 17.5 Å². The van der Waals surface area contributed by atoms with E-state index in [1.54, 1.807) is 29.0 Å². The van der Waals surface area contributed by atoms with Gasteiger partial charge in [0.2, 0.25) is 5.91 Å². The van der Waals surface area contributed by atoms with Crippen molar-refractivity contribution in [3.63, 3.8) is 0 Å². The summed E-state index contributed by atoms with van der Waals surface area (Å²) >= 11 is 0. The second kappa shape index (κ2) is 14.9. The standard InChI is InChI=1S/C33H44N6O6/c1-33(2,3)45-32(43)34-16-10-6-7-11-17-39-20-23-18-22(14-15-24(23)35-27(31(39)42)19-29(40)44-5)30(41)38(4)21-28-36-25-12-8-9-13-26(25)37-28/h8-9,12-15,18,27,35H,6-7,10-11,16-17,19-21H2,1-5H3,(H,34,43)(H,36,37)/t27-/m0/s1. The molecule has 2 heterocycles. The summed E-state index contributed by atoms with van der Waals surface area (Å²) in [6, 6.07) is 12.2. The van der Waals surface area contributed by atoms with Gasteiger partial charge in [-0.15, -0.1) is 0 Å². The van der Waals surface area contributed by atoms with E-state index < -0.39 is 23.7 Å². The van der Waals surface area contributed by atoms with Gasteiger partial charge >= 0.3 is 12.1 Å². The number of esters is 1. The predicted octanol–water partition coefficient (Wildman–Crippen LogP) is 4.61. The first kappa shape index (κ1) is 33.3. The Morgan fingerprint density at radius 1 is 1.09 bits per heavy atom. The van der Waals surface area contributed by atoms with Crippen LogP contribution in [-0.2, 0) is 32.2 Å². The molecule has 3 N–H and O–H groups in total. The third-order valence-electron chi connectivity index (χ3n) is 7.45. The molecule has 12 nitrogen and oxygen atoms in total. The lowest BCUT2D eigenvalue weighted by Gasteiger charge is -2.24. The minimum atomic E-state index is -0.783. The molecule has 1 aliphatic rings. The number of carbonyl (C=O) groups excluding carboxylic acids is 4. The number of anilines is 1. The molecule has 0 spiro atoms. The van der Waals surface area contributed by atoms with Crippen LogP contribution in [0.1, 0.15) is 74.6 Å². The fraction of sp³-hybridized carbons (Fsp3) is 0.485. The van der Waals surface area contributed by atoms with E-state index in [2.05, 4.69) is 20.6 Å². The summed E-state index contributed by atoms with van der Waals surface area (Å²) in [5, 5.41) is 5.98. The second-order valence-corrected chi connectivity index (χ2v) is 12.3. The Bertz CT molecular complexity index is 1480. The van der Waals surface area contributed by atoms with Crippen molar-refractivity contribution in [2.45, 2.75) is 77.6 Å². The van der Waals surface area contributed by atoms with Crippen LogP contribution in [-0.4, -0.2) is 82.5 Å². The normalized spacial score (nSPS) is 14.7. The Hall–Kier alpha value is -4.61. The minimum Gasteiger partial charge on any atom is -0.469 e. The second-order valence-electron chi connectivity index (χ2n) is 12.3. The van der Waals surface area contributed by atoms with Crippen molar-refractivity contribution >= 4 is 40.6 Å². The van der Waals surface area contributed by atoms with E-state index in [0.717, 1.165) is 42.3 Å². The van der Waals surface area contributed by atoms with Gasteiger partial charge in [0.25, 0.3) is 5.91 Å². The topological polar surface area (TPSA) is 146 Å². The average Bonchev–Trinajstić information content (AvgIpc) is 3.35. The van der Waals surface area contributed by atoms with Gasteiger partial charge in [-0.05, 0) is 69.5 Å². The van der Waals surface area contributed by atoms with Crippen LogP contribution < -0.4 is 10.6 Å². The largest absolute Gasteiger partial charge is 0.469 e. The highest BCUT2D eigenvalue weighted by Crippen LogP contribution is 2.27. The number of aromatic nitrogens is 2. The van der Waals surface area contributed by atoms with Crippen LogP contribution in [0.15, 0.2) is 42.5 Å². The number of amides is 3. The lowest BCUT2D eigenvalue weighted by Crippen LogP contribution is -2.42. The molecular formula is C33H44N6O6. The Kier molecular flexibility index (Phi) is 11.0. The zero-order chi connectivity index (χ0) is 32.6. The van der Waals surface area contributed by atoms with Crippen molar-refractivity contribution in [3.8, 4) is 0 Å². The highest BCUT2D eigenvalue weighted by atomic mass is 16.6. The first-order chi connectivity index (χ1) is 21.4. The zero-order valence-electron chi connectivity index (χ0n) is 26.8. The number of ether oxygens (including phenoxy) is 2. The number of para-hydroxylation sites is 2. The number of imidazole rings is 1. The van der Waals surface area contributed by atoms with Crippen LogP contribution in [0.25, 0.3) is 11.0 Å². The lowest BCUT2D eigenvalue weighted by molar-refractivity contribution is -0.144. The maximum absolute atomic E-state index is 13.5. The highest BCUT2D eigenvalue weighted by Gasteiger charge is 2.31. The van der Waals surface area contributed by atoms with Crippen LogP contribution >= 0.6 is 0 Å². The molecule has 3 amide bonds. The Morgan fingerprint density at radius 2 is 1.84 bits per heavy atom. The van der Waals surface area contributed by atoms with Crippen LogP contribution in [0.4, 0.5) is 10.5 Å². The summed E-state index contributed by atoms with van der Waals surface area (Å²) in [5.74, 6) is -0.170. The van der Waals surface area contributed by atoms with Gasteiger partial charge < -0.3 is 34.9 Å². The monoisotopic (exact) mass is 620 g/mol. The van der Waals surface area contributed by atoms with Gasteiger partial charge in [-0.2, -0.15) is 0 Å². The molecule has 0 saturated carbocycles. The quantitative estimate of drug-likeness (QED) is 0.197. The molecule has 0 fully saturated rings. The number of aromatic amines is 1. The first-order valence-corrected chi connectivity index (χ1v) is 15.3. The number of carbonyl (C=O) groups is 4. The summed E-state index contributed by atoms with van der Waals surface area (Å²) < 4.78 is 10.1. The molecule has 0 saturated heterocycles. The molecule has 45 heavy (non-hydrogen) atoms. The van der Waals surface area contributed by atoms with Crippen molar-refractivity contribution < 1.29 is 28.7 Å². The van der Waals surface area contributed by atoms with Gasteiger partial charge in [-0.3, -0.25) is 14.4 Å². The molecule has 3 aromatic rings. The average molecular weight is 621 g/mol. The molecular weight excluding hydrogens is 576 g/mol. The van der Waals surface area contributed by atoms with Gasteiger partial charge in [0.05, 0.1) is 31.1 Å². The molecule has 0 bridgehead atoms. The minimum absolute atomic E-state index is 0.109. The van der Waals surface area contributed by atoms with E-state index in [9.17, 15) is 19.2 Å². The van der Waals surface area contributed by atoms with E-state index in [4.69, 9.17) is 9.47 Å². The maximum Gasteiger partial charge on any atom is 0.407 e. The van der Waals surface area contributed by atoms with Gasteiger partial charge in [0.15, 0.2) is 0 Å². The molecule has 242 valence electrons. The molecule has 0 radical (unpaired) electrons. The Balaban J connectivity index is 1.38. The van der Waals surface area contributed by atoms with Crippen molar-refractivity contribution in [3.05, 3.63) is 59.4 Å². The predicted molar refractivity (Wildman–Crippen MR) is 170 cm³/mol. The molecule has 2 aromatic carbocycles. The van der Waals surface area contributed by atoms with Crippen LogP contribution in [0.2, 0.25) is 0 Å². The number of hydrogen-bond donors (Lipinski definition) is 3. The Labute approximate surface area is 263 Å². The molecule has 1 aliphatic heterocycles. The SMILES string of the molecule is COC(=O)C[C@@H]1Nc2ccc(C(=O)N(C)Cc3nc4ccccc4[nH]3)cc2CN(CCCCCCNC(=O)OC(C)(C)C)C1=O. The van der Waals surface area contributed by atoms with E-state index in [1.807, 2.05) is 51.1 Å². The van der Waals surface area contributed by atoms with E-state index in [0.29, 0.717) is 43.3 Å². The summed E-state index contributed by atoms with van der Waals surface area (Å²) in [5.41, 5.74) is 3.19. The summed E-state index contributed by atoms with van der Waals surface area (Å²) in [4.78, 5) is 62.1. The summed E-state index contributed by atoms with van der Waals surface area (Å²) in [6.07, 6.45) is 2.72. The van der Waals surface area contributed by atoms with Crippen molar-refractivity contribution in [2.75, 3.05) is 32.6 Å². The van der Waals surface area contributed by atoms with Crippen LogP contribution in [0, 0.1) is 0 Å². The highest BCUT2D eigenvalue weighted by molar-refractivity contribution is 5.96. The van der Waals surface area contributed by atoms with Gasteiger partial charge in [-0.25, -0.2) is 9.78 Å². The summed E-state index contributed by atoms with van der Waals surface area (Å²) in [7, 11) is 3.03. The van der Waals surface area contributed by atoms with Gasteiger partial charge in [0, 0.05) is 37.9 Å². The van der Waals surface area contributed by atoms with E-state index in [-0.39, 0.29) is 18.2 Å². The number of rotatable bonds is 12. The van der Waals surface area contributed by atoms with Crippen LogP contribution in [0.5, 0.6) is 0 Å². The number of hydrogen-bond acceptors (Lipinski definition) is 8. The lowest BCUT2D eigenvalue weighted by atomic mass is 10.1. The van der Waals surface area contributed by atoms with E-state index >= 15 is 0 Å². The molecule has 0 unspecified atom stereocenters. The van der Waals surface area contributed by atoms with Gasteiger partial charge in [-0.1, -0.05) is 25.0 Å². The number of benzene rings is 2. The maximum atomic E-state index is 13.5. The van der Waals surface area contributed by atoms with Crippen molar-refractivity contribution in [2.24, 2.45) is 0 Å². The number of nitrogens with zero attached hydrogens (tertiary/aromatic N) is 3. The van der Waals surface area contributed by atoms with Crippen molar-refractivity contribution in [1.82, 2.24) is 25.1 Å². The number of unbranched alkanes of at least 4 members (excludes halogenated alkanes) is 3. The summed E-state index contributed by atoms with van der Waals surface area (Å²) in [6.45, 7) is 7.07. The molecule has 4 rings (SSSR count). The molecule has 12 heteroatoms. The third-order valence-corrected chi connectivity index (χ3v) is 7.45. The molecule has 1 aromatic heterocycles.